The summed E-state index contributed by atoms with van der Waals surface area (Å²) >= 11 is 0. The Morgan fingerprint density at radius 2 is 1.75 bits per heavy atom. The Bertz CT molecular complexity index is 917. The molecule has 3 aromatic rings. The van der Waals surface area contributed by atoms with E-state index in [1.165, 1.54) is 29.7 Å². The number of benzene rings is 1. The number of rotatable bonds is 4. The van der Waals surface area contributed by atoms with Crippen molar-refractivity contribution in [3.63, 3.8) is 0 Å². The quantitative estimate of drug-likeness (QED) is 0.580. The molecular weight excluding hydrogens is 393 g/mol. The Labute approximate surface area is 179 Å². The van der Waals surface area contributed by atoms with Gasteiger partial charge in [-0.1, -0.05) is 24.3 Å². The summed E-state index contributed by atoms with van der Waals surface area (Å²) in [7, 11) is 2.20. The maximum Gasteiger partial charge on any atom is 0.180 e. The average Bonchev–Trinajstić information content (AvgIpc) is 2.98. The van der Waals surface area contributed by atoms with Crippen molar-refractivity contribution in [2.24, 2.45) is 0 Å². The molecule has 0 unspecified atom stereocenters. The molecule has 1 aliphatic heterocycles. The third-order valence-electron chi connectivity index (χ3n) is 5.58. The van der Waals surface area contributed by atoms with Crippen LogP contribution in [0.15, 0.2) is 42.6 Å². The molecule has 3 heterocycles. The van der Waals surface area contributed by atoms with Crippen molar-refractivity contribution in [1.29, 1.82) is 0 Å². The molecular formula is C22H29Cl2N3O. The zero-order valence-electron chi connectivity index (χ0n) is 16.7. The van der Waals surface area contributed by atoms with Crippen LogP contribution in [0.1, 0.15) is 41.3 Å². The molecule has 0 amide bonds. The van der Waals surface area contributed by atoms with E-state index in [1.54, 1.807) is 0 Å². The molecule has 0 bridgehead atoms. The van der Waals surface area contributed by atoms with Crippen LogP contribution in [0.3, 0.4) is 0 Å². The lowest BCUT2D eigenvalue weighted by Gasteiger charge is -2.29. The summed E-state index contributed by atoms with van der Waals surface area (Å²) < 4.78 is 8.42. The van der Waals surface area contributed by atoms with Crippen molar-refractivity contribution in [2.45, 2.75) is 39.2 Å². The van der Waals surface area contributed by atoms with Gasteiger partial charge in [-0.05, 0) is 70.1 Å². The third kappa shape index (κ3) is 4.45. The number of hydrogen-bond acceptors (Lipinski definition) is 3. The van der Waals surface area contributed by atoms with Gasteiger partial charge in [0.25, 0.3) is 0 Å². The molecule has 0 spiro atoms. The fraction of sp³-hybridized carbons (Fsp3) is 0.409. The van der Waals surface area contributed by atoms with Crippen molar-refractivity contribution in [3.05, 3.63) is 65.1 Å². The number of aryl methyl sites for hydroxylation is 2. The number of nitrogens with zero attached hydrogens (tertiary/aromatic N) is 3. The van der Waals surface area contributed by atoms with E-state index in [4.69, 9.17) is 9.72 Å². The summed E-state index contributed by atoms with van der Waals surface area (Å²) in [6, 6.07) is 12.5. The van der Waals surface area contributed by atoms with Gasteiger partial charge in [0.2, 0.25) is 0 Å². The normalized spacial score (nSPS) is 15.1. The fourth-order valence-corrected chi connectivity index (χ4v) is 3.99. The molecule has 4 rings (SSSR count). The summed E-state index contributed by atoms with van der Waals surface area (Å²) in [6.07, 6.45) is 4.52. The van der Waals surface area contributed by atoms with Crippen LogP contribution in [0.2, 0.25) is 0 Å². The van der Waals surface area contributed by atoms with Gasteiger partial charge in [0, 0.05) is 17.8 Å². The number of ether oxygens (including phenoxy) is 1. The van der Waals surface area contributed by atoms with Crippen molar-refractivity contribution in [2.75, 3.05) is 20.1 Å². The Hall–Kier alpha value is -1.75. The highest BCUT2D eigenvalue weighted by Gasteiger charge is 2.24. The van der Waals surface area contributed by atoms with E-state index in [2.05, 4.69) is 66.7 Å². The molecule has 4 nitrogen and oxygen atoms in total. The first-order valence-corrected chi connectivity index (χ1v) is 9.47. The van der Waals surface area contributed by atoms with Crippen LogP contribution in [0.5, 0.6) is 5.75 Å². The number of pyridine rings is 1. The van der Waals surface area contributed by atoms with Gasteiger partial charge in [-0.2, -0.15) is 0 Å². The van der Waals surface area contributed by atoms with Gasteiger partial charge in [-0.15, -0.1) is 24.8 Å². The average molecular weight is 422 g/mol. The Morgan fingerprint density at radius 3 is 2.46 bits per heavy atom. The minimum atomic E-state index is 0. The number of likely N-dealkylation sites (tertiary alicyclic amines) is 1. The lowest BCUT2D eigenvalue weighted by Crippen LogP contribution is -2.29. The molecule has 0 aliphatic carbocycles. The lowest BCUT2D eigenvalue weighted by molar-refractivity contribution is 0.252. The van der Waals surface area contributed by atoms with Crippen LogP contribution in [-0.4, -0.2) is 34.4 Å². The molecule has 1 aliphatic rings. The predicted octanol–water partition coefficient (Wildman–Crippen LogP) is 5.18. The SMILES string of the molecule is Cc1ccccc1COc1cccn2c(C3CCN(C)CC3)c(C)nc12.Cl.Cl. The highest BCUT2D eigenvalue weighted by molar-refractivity contribution is 5.85. The second-order valence-electron chi connectivity index (χ2n) is 7.44. The first-order valence-electron chi connectivity index (χ1n) is 9.47. The van der Waals surface area contributed by atoms with Gasteiger partial charge in [-0.3, -0.25) is 0 Å². The molecule has 0 atom stereocenters. The van der Waals surface area contributed by atoms with Crippen molar-refractivity contribution >= 4 is 30.5 Å². The van der Waals surface area contributed by atoms with Gasteiger partial charge in [0.15, 0.2) is 11.4 Å². The highest BCUT2D eigenvalue weighted by atomic mass is 35.5. The van der Waals surface area contributed by atoms with Gasteiger partial charge < -0.3 is 14.0 Å². The fourth-order valence-electron chi connectivity index (χ4n) is 3.99. The summed E-state index contributed by atoms with van der Waals surface area (Å²) in [5, 5.41) is 0. The molecule has 1 aromatic carbocycles. The van der Waals surface area contributed by atoms with Crippen LogP contribution in [-0.2, 0) is 6.61 Å². The minimum Gasteiger partial charge on any atom is -0.485 e. The Balaban J connectivity index is 0.00000140. The number of piperidine rings is 1. The Morgan fingerprint density at radius 1 is 1.04 bits per heavy atom. The van der Waals surface area contributed by atoms with Gasteiger partial charge in [0.05, 0.1) is 5.69 Å². The Kier molecular flexibility index (Phi) is 7.76. The maximum atomic E-state index is 6.17. The van der Waals surface area contributed by atoms with E-state index < -0.39 is 0 Å². The van der Waals surface area contributed by atoms with Crippen molar-refractivity contribution in [3.8, 4) is 5.75 Å². The summed E-state index contributed by atoms with van der Waals surface area (Å²) in [6.45, 7) is 7.13. The smallest absolute Gasteiger partial charge is 0.180 e. The lowest BCUT2D eigenvalue weighted by atomic mass is 9.92. The first kappa shape index (κ1) is 22.5. The molecule has 0 radical (unpaired) electrons. The molecule has 1 fully saturated rings. The maximum absolute atomic E-state index is 6.17. The number of imidazole rings is 1. The van der Waals surface area contributed by atoms with Crippen LogP contribution in [0, 0.1) is 13.8 Å². The zero-order chi connectivity index (χ0) is 18.1. The predicted molar refractivity (Wildman–Crippen MR) is 119 cm³/mol. The van der Waals surface area contributed by atoms with Gasteiger partial charge in [-0.25, -0.2) is 4.98 Å². The topological polar surface area (TPSA) is 29.8 Å². The van der Waals surface area contributed by atoms with E-state index in [0.29, 0.717) is 12.5 Å². The minimum absolute atomic E-state index is 0. The van der Waals surface area contributed by atoms with Crippen molar-refractivity contribution < 1.29 is 4.74 Å². The van der Waals surface area contributed by atoms with Gasteiger partial charge in [0.1, 0.15) is 6.61 Å². The zero-order valence-corrected chi connectivity index (χ0v) is 18.4. The molecule has 2 aromatic heterocycles. The van der Waals surface area contributed by atoms with Crippen LogP contribution >= 0.6 is 24.8 Å². The first-order chi connectivity index (χ1) is 12.6. The standard InChI is InChI=1S/C22H27N3O.2ClH/c1-16-7-4-5-8-19(16)15-26-20-9-6-12-25-21(17(2)23-22(20)25)18-10-13-24(3)14-11-18;;/h4-9,12,18H,10-11,13-15H2,1-3H3;2*1H. The van der Waals surface area contributed by atoms with E-state index >= 15 is 0 Å². The molecule has 28 heavy (non-hydrogen) atoms. The molecule has 0 N–H and O–H groups in total. The van der Waals surface area contributed by atoms with Crippen LogP contribution in [0.4, 0.5) is 0 Å². The van der Waals surface area contributed by atoms with E-state index in [-0.39, 0.29) is 24.8 Å². The number of aromatic nitrogens is 2. The third-order valence-corrected chi connectivity index (χ3v) is 5.58. The number of hydrogen-bond donors (Lipinski definition) is 0. The van der Waals surface area contributed by atoms with Crippen LogP contribution < -0.4 is 4.74 Å². The number of halogens is 2. The monoisotopic (exact) mass is 421 g/mol. The second kappa shape index (κ2) is 9.64. The molecule has 1 saturated heterocycles. The molecule has 0 saturated carbocycles. The summed E-state index contributed by atoms with van der Waals surface area (Å²) in [5.74, 6) is 1.44. The highest BCUT2D eigenvalue weighted by Crippen LogP contribution is 2.32. The number of fused-ring (bicyclic) bond motifs is 1. The molecule has 6 heteroatoms. The molecule has 152 valence electrons. The van der Waals surface area contributed by atoms with E-state index in [9.17, 15) is 0 Å². The van der Waals surface area contributed by atoms with Crippen molar-refractivity contribution in [1.82, 2.24) is 14.3 Å². The largest absolute Gasteiger partial charge is 0.485 e. The van der Waals surface area contributed by atoms with Gasteiger partial charge >= 0.3 is 0 Å². The second-order valence-corrected chi connectivity index (χ2v) is 7.44. The van der Waals surface area contributed by atoms with Crippen LogP contribution in [0.25, 0.3) is 5.65 Å². The van der Waals surface area contributed by atoms with E-state index in [1.807, 2.05) is 6.07 Å². The van der Waals surface area contributed by atoms with E-state index in [0.717, 1.165) is 30.2 Å². The summed E-state index contributed by atoms with van der Waals surface area (Å²) in [5.41, 5.74) is 5.90. The summed E-state index contributed by atoms with van der Waals surface area (Å²) in [4.78, 5) is 7.27.